The van der Waals surface area contributed by atoms with Crippen LogP contribution in [0.5, 0.6) is 0 Å². The minimum absolute atomic E-state index is 0.283. The number of nitrogens with zero attached hydrogens (tertiary/aromatic N) is 1. The Labute approximate surface area is 89.9 Å². The summed E-state index contributed by atoms with van der Waals surface area (Å²) in [6, 6.07) is 7.64. The molecule has 0 bridgehead atoms. The van der Waals surface area contributed by atoms with Crippen LogP contribution in [0.15, 0.2) is 24.3 Å². The molecule has 0 saturated carbocycles. The first-order valence-electron chi connectivity index (χ1n) is 4.97. The molecule has 4 nitrogen and oxygen atoms in total. The van der Waals surface area contributed by atoms with Crippen LogP contribution in [0, 0.1) is 0 Å². The molecule has 0 aromatic heterocycles. The maximum Gasteiger partial charge on any atom is 0.231 e. The number of hydrogen-bond donors (Lipinski definition) is 2. The third-order valence-electron chi connectivity index (χ3n) is 2.18. The van der Waals surface area contributed by atoms with Gasteiger partial charge in [-0.25, -0.2) is 0 Å². The number of primary amides is 1. The van der Waals surface area contributed by atoms with E-state index >= 15 is 0 Å². The Balaban J connectivity index is 2.62. The van der Waals surface area contributed by atoms with Crippen LogP contribution >= 0.6 is 0 Å². The van der Waals surface area contributed by atoms with Crippen LogP contribution in [0.1, 0.15) is 12.5 Å². The van der Waals surface area contributed by atoms with Crippen LogP contribution in [0.25, 0.3) is 0 Å². The Kier molecular flexibility index (Phi) is 4.12. The van der Waals surface area contributed by atoms with Crippen molar-refractivity contribution in [2.24, 2.45) is 5.73 Å². The number of amides is 1. The summed E-state index contributed by atoms with van der Waals surface area (Å²) in [5.74, 6) is -0.305. The molecule has 0 radical (unpaired) electrons. The zero-order chi connectivity index (χ0) is 11.3. The number of anilines is 1. The summed E-state index contributed by atoms with van der Waals surface area (Å²) in [5.41, 5.74) is 12.6. The normalized spacial score (nSPS) is 10.5. The van der Waals surface area contributed by atoms with Crippen molar-refractivity contribution in [2.45, 2.75) is 13.5 Å². The number of carbonyl (C=O) groups excluding carboxylic acids is 1. The van der Waals surface area contributed by atoms with Crippen LogP contribution in [0.4, 0.5) is 5.69 Å². The highest BCUT2D eigenvalue weighted by atomic mass is 16.1. The minimum atomic E-state index is -0.305. The van der Waals surface area contributed by atoms with Gasteiger partial charge in [-0.3, -0.25) is 9.69 Å². The third kappa shape index (κ3) is 3.99. The second kappa shape index (κ2) is 5.36. The SMILES string of the molecule is CCN(CC(N)=O)Cc1cccc(N)c1. The van der Waals surface area contributed by atoms with E-state index < -0.39 is 0 Å². The molecule has 0 heterocycles. The van der Waals surface area contributed by atoms with Gasteiger partial charge in [0.1, 0.15) is 0 Å². The maximum absolute atomic E-state index is 10.8. The number of nitrogens with two attached hydrogens (primary N) is 2. The van der Waals surface area contributed by atoms with Crippen LogP contribution in [-0.4, -0.2) is 23.9 Å². The fourth-order valence-corrected chi connectivity index (χ4v) is 1.45. The van der Waals surface area contributed by atoms with Crippen LogP contribution in [0.2, 0.25) is 0 Å². The van der Waals surface area contributed by atoms with Gasteiger partial charge in [0.15, 0.2) is 0 Å². The van der Waals surface area contributed by atoms with E-state index in [1.165, 1.54) is 0 Å². The predicted octanol–water partition coefficient (Wildman–Crippen LogP) is 0.576. The minimum Gasteiger partial charge on any atom is -0.399 e. The Morgan fingerprint density at radius 3 is 2.73 bits per heavy atom. The maximum atomic E-state index is 10.8. The zero-order valence-electron chi connectivity index (χ0n) is 8.94. The highest BCUT2D eigenvalue weighted by Crippen LogP contribution is 2.09. The van der Waals surface area contributed by atoms with Gasteiger partial charge in [0.05, 0.1) is 6.54 Å². The molecule has 4 N–H and O–H groups in total. The summed E-state index contributed by atoms with van der Waals surface area (Å²) in [6.07, 6.45) is 0. The smallest absolute Gasteiger partial charge is 0.231 e. The van der Waals surface area contributed by atoms with Gasteiger partial charge in [-0.05, 0) is 24.2 Å². The third-order valence-corrected chi connectivity index (χ3v) is 2.18. The van der Waals surface area contributed by atoms with E-state index in [0.717, 1.165) is 17.8 Å². The van der Waals surface area contributed by atoms with Gasteiger partial charge < -0.3 is 11.5 Å². The van der Waals surface area contributed by atoms with Crippen LogP contribution in [-0.2, 0) is 11.3 Å². The van der Waals surface area contributed by atoms with Crippen molar-refractivity contribution in [2.75, 3.05) is 18.8 Å². The Bertz CT molecular complexity index is 338. The van der Waals surface area contributed by atoms with E-state index in [4.69, 9.17) is 11.5 Å². The second-order valence-electron chi connectivity index (χ2n) is 3.51. The van der Waals surface area contributed by atoms with Gasteiger partial charge in [-0.1, -0.05) is 19.1 Å². The van der Waals surface area contributed by atoms with Crippen molar-refractivity contribution in [1.29, 1.82) is 0 Å². The lowest BCUT2D eigenvalue weighted by atomic mass is 10.2. The van der Waals surface area contributed by atoms with E-state index in [2.05, 4.69) is 0 Å². The van der Waals surface area contributed by atoms with Crippen LogP contribution < -0.4 is 11.5 Å². The fourth-order valence-electron chi connectivity index (χ4n) is 1.45. The van der Waals surface area contributed by atoms with Crippen molar-refractivity contribution in [3.8, 4) is 0 Å². The van der Waals surface area contributed by atoms with Gasteiger partial charge in [0.2, 0.25) is 5.91 Å². The lowest BCUT2D eigenvalue weighted by Gasteiger charge is -2.18. The second-order valence-corrected chi connectivity index (χ2v) is 3.51. The fraction of sp³-hybridized carbons (Fsp3) is 0.364. The molecule has 0 aliphatic heterocycles. The van der Waals surface area contributed by atoms with Gasteiger partial charge in [0.25, 0.3) is 0 Å². The summed E-state index contributed by atoms with van der Waals surface area (Å²) >= 11 is 0. The molecule has 0 atom stereocenters. The van der Waals surface area contributed by atoms with Crippen LogP contribution in [0.3, 0.4) is 0 Å². The Morgan fingerprint density at radius 1 is 1.47 bits per heavy atom. The molecule has 0 aliphatic rings. The van der Waals surface area contributed by atoms with Gasteiger partial charge in [0, 0.05) is 12.2 Å². The number of carbonyl (C=O) groups is 1. The van der Waals surface area contributed by atoms with E-state index in [-0.39, 0.29) is 12.5 Å². The molecule has 15 heavy (non-hydrogen) atoms. The number of likely N-dealkylation sites (N-methyl/N-ethyl adjacent to an activating group) is 1. The first-order valence-corrected chi connectivity index (χ1v) is 4.97. The largest absolute Gasteiger partial charge is 0.399 e. The summed E-state index contributed by atoms with van der Waals surface area (Å²) in [5, 5.41) is 0. The lowest BCUT2D eigenvalue weighted by Crippen LogP contribution is -2.33. The Morgan fingerprint density at radius 2 is 2.20 bits per heavy atom. The summed E-state index contributed by atoms with van der Waals surface area (Å²) in [4.78, 5) is 12.8. The van der Waals surface area contributed by atoms with E-state index in [0.29, 0.717) is 6.54 Å². The standard InChI is InChI=1S/C11H17N3O/c1-2-14(8-11(13)15)7-9-4-3-5-10(12)6-9/h3-6H,2,7-8,12H2,1H3,(H2,13,15). The quantitative estimate of drug-likeness (QED) is 0.693. The molecule has 0 unspecified atom stereocenters. The van der Waals surface area contributed by atoms with E-state index in [1.54, 1.807) is 0 Å². The highest BCUT2D eigenvalue weighted by Gasteiger charge is 2.06. The summed E-state index contributed by atoms with van der Waals surface area (Å²) < 4.78 is 0. The average molecular weight is 207 g/mol. The van der Waals surface area contributed by atoms with Crippen molar-refractivity contribution in [3.05, 3.63) is 29.8 Å². The van der Waals surface area contributed by atoms with E-state index in [1.807, 2.05) is 36.1 Å². The molecule has 1 rings (SSSR count). The first-order chi connectivity index (χ1) is 7.11. The predicted molar refractivity (Wildman–Crippen MR) is 61.0 cm³/mol. The number of hydrogen-bond acceptors (Lipinski definition) is 3. The van der Waals surface area contributed by atoms with Crippen molar-refractivity contribution in [3.63, 3.8) is 0 Å². The molecular weight excluding hydrogens is 190 g/mol. The molecule has 1 aromatic carbocycles. The van der Waals surface area contributed by atoms with E-state index in [9.17, 15) is 4.79 Å². The summed E-state index contributed by atoms with van der Waals surface area (Å²) in [7, 11) is 0. The van der Waals surface area contributed by atoms with Crippen molar-refractivity contribution >= 4 is 11.6 Å². The molecular formula is C11H17N3O. The zero-order valence-corrected chi connectivity index (χ0v) is 8.94. The monoisotopic (exact) mass is 207 g/mol. The van der Waals surface area contributed by atoms with Gasteiger partial charge in [-0.15, -0.1) is 0 Å². The number of benzene rings is 1. The van der Waals surface area contributed by atoms with Gasteiger partial charge >= 0.3 is 0 Å². The number of nitrogen functional groups attached to an aromatic ring is 1. The molecule has 82 valence electrons. The molecule has 0 spiro atoms. The topological polar surface area (TPSA) is 72.3 Å². The molecule has 1 amide bonds. The highest BCUT2D eigenvalue weighted by molar-refractivity contribution is 5.75. The summed E-state index contributed by atoms with van der Waals surface area (Å²) in [6.45, 7) is 3.77. The average Bonchev–Trinajstić information content (AvgIpc) is 2.16. The molecule has 4 heteroatoms. The molecule has 0 fully saturated rings. The van der Waals surface area contributed by atoms with Crippen molar-refractivity contribution in [1.82, 2.24) is 4.90 Å². The first kappa shape index (κ1) is 11.5. The number of rotatable bonds is 5. The molecule has 0 saturated heterocycles. The molecule has 0 aliphatic carbocycles. The van der Waals surface area contributed by atoms with Gasteiger partial charge in [-0.2, -0.15) is 0 Å². The molecule has 1 aromatic rings. The Hall–Kier alpha value is -1.55. The lowest BCUT2D eigenvalue weighted by molar-refractivity contribution is -0.119. The van der Waals surface area contributed by atoms with Crippen molar-refractivity contribution < 1.29 is 4.79 Å².